The van der Waals surface area contributed by atoms with E-state index in [0.717, 1.165) is 5.56 Å². The van der Waals surface area contributed by atoms with Crippen LogP contribution in [-0.4, -0.2) is 44.6 Å². The number of methoxy groups -OCH3 is 3. The minimum Gasteiger partial charge on any atom is -0.496 e. The molecule has 19 heavy (non-hydrogen) atoms. The van der Waals surface area contributed by atoms with E-state index in [2.05, 4.69) is 15.9 Å². The van der Waals surface area contributed by atoms with Gasteiger partial charge in [0.05, 0.1) is 21.3 Å². The third-order valence-electron chi connectivity index (χ3n) is 2.80. The molecule has 0 aliphatic rings. The van der Waals surface area contributed by atoms with Crippen LogP contribution in [0.5, 0.6) is 17.2 Å². The fourth-order valence-electron chi connectivity index (χ4n) is 1.66. The van der Waals surface area contributed by atoms with Gasteiger partial charge in [0.25, 0.3) is 4.82 Å². The molecular weight excluding hydrogens is 314 g/mol. The molecule has 0 fully saturated rings. The second-order valence-electron chi connectivity index (χ2n) is 3.94. The van der Waals surface area contributed by atoms with E-state index in [1.54, 1.807) is 39.3 Å². The lowest BCUT2D eigenvalue weighted by atomic mass is 10.1. The quantitative estimate of drug-likeness (QED) is 0.594. The molecule has 0 aromatic heterocycles. The Hall–Kier alpha value is -1.43. The minimum absolute atomic E-state index is 0.146. The largest absolute Gasteiger partial charge is 0.496 e. The molecule has 0 saturated carbocycles. The number of amides is 1. The molecule has 1 amide bonds. The Morgan fingerprint density at radius 3 is 2.11 bits per heavy atom. The second kappa shape index (κ2) is 7.23. The Bertz CT molecular complexity index is 451. The number of carbonyl (C=O) groups excluding carboxylic acids is 1. The van der Waals surface area contributed by atoms with Crippen LogP contribution in [0.15, 0.2) is 12.1 Å². The van der Waals surface area contributed by atoms with Crippen molar-refractivity contribution in [3.8, 4) is 17.2 Å². The number of nitrogens with zero attached hydrogens (tertiary/aromatic N) is 1. The highest BCUT2D eigenvalue weighted by molar-refractivity contribution is 9.18. The van der Waals surface area contributed by atoms with E-state index in [1.165, 1.54) is 0 Å². The van der Waals surface area contributed by atoms with Gasteiger partial charge in [0.2, 0.25) is 0 Å². The van der Waals surface area contributed by atoms with Crippen LogP contribution in [-0.2, 0) is 6.42 Å². The number of rotatable bonds is 6. The van der Waals surface area contributed by atoms with Crippen molar-refractivity contribution in [2.24, 2.45) is 0 Å². The van der Waals surface area contributed by atoms with Gasteiger partial charge in [-0.05, 0) is 18.1 Å². The summed E-state index contributed by atoms with van der Waals surface area (Å²) in [5.41, 5.74) is 0.959. The van der Waals surface area contributed by atoms with Gasteiger partial charge in [-0.25, -0.2) is 0 Å². The van der Waals surface area contributed by atoms with Crippen molar-refractivity contribution in [1.29, 1.82) is 0 Å². The predicted octanol–water partition coefficient (Wildman–Crippen LogP) is 2.70. The minimum atomic E-state index is -0.146. The Balaban J connectivity index is 2.95. The smallest absolute Gasteiger partial charge is 0.289 e. The van der Waals surface area contributed by atoms with Crippen molar-refractivity contribution in [2.75, 3.05) is 34.9 Å². The van der Waals surface area contributed by atoms with Gasteiger partial charge >= 0.3 is 0 Å². The fourth-order valence-corrected chi connectivity index (χ4v) is 1.84. The van der Waals surface area contributed by atoms with Gasteiger partial charge in [-0.1, -0.05) is 0 Å². The van der Waals surface area contributed by atoms with Crippen LogP contribution in [0.3, 0.4) is 0 Å². The van der Waals surface area contributed by atoms with Gasteiger partial charge in [0.1, 0.15) is 5.75 Å². The first-order valence-electron chi connectivity index (χ1n) is 5.73. The Morgan fingerprint density at radius 2 is 1.63 bits per heavy atom. The number of hydrogen-bond donors (Lipinski definition) is 0. The van der Waals surface area contributed by atoms with E-state index in [1.807, 2.05) is 6.07 Å². The number of ether oxygens (including phenoxy) is 3. The summed E-state index contributed by atoms with van der Waals surface area (Å²) in [5, 5.41) is 0. The van der Waals surface area contributed by atoms with Crippen LogP contribution >= 0.6 is 15.9 Å². The molecule has 106 valence electrons. The summed E-state index contributed by atoms with van der Waals surface area (Å²) in [7, 11) is 6.49. The van der Waals surface area contributed by atoms with E-state index < -0.39 is 0 Å². The lowest BCUT2D eigenvalue weighted by Gasteiger charge is -2.17. The van der Waals surface area contributed by atoms with Crippen LogP contribution in [0.1, 0.15) is 5.56 Å². The highest BCUT2D eigenvalue weighted by Gasteiger charge is 2.13. The van der Waals surface area contributed by atoms with E-state index in [0.29, 0.717) is 30.2 Å². The van der Waals surface area contributed by atoms with Gasteiger partial charge in [-0.3, -0.25) is 4.79 Å². The lowest BCUT2D eigenvalue weighted by molar-refractivity contribution is 0.235. The van der Waals surface area contributed by atoms with Crippen molar-refractivity contribution in [3.63, 3.8) is 0 Å². The summed E-state index contributed by atoms with van der Waals surface area (Å²) >= 11 is 2.91. The molecule has 0 N–H and O–H groups in total. The van der Waals surface area contributed by atoms with Gasteiger partial charge in [-0.2, -0.15) is 0 Å². The molecule has 1 rings (SSSR count). The van der Waals surface area contributed by atoms with Crippen LogP contribution < -0.4 is 14.2 Å². The average molecular weight is 332 g/mol. The number of hydrogen-bond acceptors (Lipinski definition) is 4. The van der Waals surface area contributed by atoms with Gasteiger partial charge in [0, 0.05) is 35.6 Å². The third-order valence-corrected chi connectivity index (χ3v) is 3.41. The summed E-state index contributed by atoms with van der Waals surface area (Å²) in [5.74, 6) is 1.98. The number of halogens is 1. The Kier molecular flexibility index (Phi) is 5.95. The number of benzene rings is 1. The first-order valence-corrected chi connectivity index (χ1v) is 6.52. The number of carbonyl (C=O) groups is 1. The SMILES string of the molecule is COc1cc(OC)c(OC)cc1CCN(C)C(=O)Br. The zero-order valence-corrected chi connectivity index (χ0v) is 13.1. The van der Waals surface area contributed by atoms with Crippen molar-refractivity contribution < 1.29 is 19.0 Å². The van der Waals surface area contributed by atoms with Crippen LogP contribution in [0.2, 0.25) is 0 Å². The topological polar surface area (TPSA) is 48.0 Å². The molecule has 0 aliphatic carbocycles. The monoisotopic (exact) mass is 331 g/mol. The summed E-state index contributed by atoms with van der Waals surface area (Å²) in [4.78, 5) is 12.5. The summed E-state index contributed by atoms with van der Waals surface area (Å²) < 4.78 is 15.8. The molecule has 0 radical (unpaired) electrons. The van der Waals surface area contributed by atoms with Crippen LogP contribution in [0.4, 0.5) is 4.79 Å². The van der Waals surface area contributed by atoms with Crippen molar-refractivity contribution in [2.45, 2.75) is 6.42 Å². The van der Waals surface area contributed by atoms with E-state index in [4.69, 9.17) is 14.2 Å². The summed E-state index contributed by atoms with van der Waals surface area (Å²) in [6.45, 7) is 0.579. The molecule has 1 aromatic rings. The van der Waals surface area contributed by atoms with Crippen molar-refractivity contribution >= 4 is 20.7 Å². The normalized spacial score (nSPS) is 9.95. The van der Waals surface area contributed by atoms with Crippen LogP contribution in [0.25, 0.3) is 0 Å². The maximum Gasteiger partial charge on any atom is 0.289 e. The zero-order chi connectivity index (χ0) is 14.4. The molecular formula is C13H18BrNO4. The summed E-state index contributed by atoms with van der Waals surface area (Å²) in [6.07, 6.45) is 0.664. The molecule has 0 atom stereocenters. The van der Waals surface area contributed by atoms with E-state index in [9.17, 15) is 4.79 Å². The highest BCUT2D eigenvalue weighted by Crippen LogP contribution is 2.34. The molecule has 0 aliphatic heterocycles. The third kappa shape index (κ3) is 4.02. The molecule has 0 spiro atoms. The highest BCUT2D eigenvalue weighted by atomic mass is 79.9. The van der Waals surface area contributed by atoms with E-state index in [-0.39, 0.29) is 4.82 Å². The molecule has 6 heteroatoms. The van der Waals surface area contributed by atoms with Crippen LogP contribution in [0, 0.1) is 0 Å². The second-order valence-corrected chi connectivity index (χ2v) is 4.62. The maximum absolute atomic E-state index is 11.1. The predicted molar refractivity (Wildman–Crippen MR) is 76.8 cm³/mol. The van der Waals surface area contributed by atoms with E-state index >= 15 is 0 Å². The molecule has 1 aromatic carbocycles. The summed E-state index contributed by atoms with van der Waals surface area (Å²) in [6, 6.07) is 3.65. The van der Waals surface area contributed by atoms with Gasteiger partial charge in [-0.15, -0.1) is 0 Å². The van der Waals surface area contributed by atoms with Gasteiger partial charge in [0.15, 0.2) is 11.5 Å². The Morgan fingerprint density at radius 1 is 1.11 bits per heavy atom. The van der Waals surface area contributed by atoms with Gasteiger partial charge < -0.3 is 19.1 Å². The van der Waals surface area contributed by atoms with Crippen molar-refractivity contribution in [3.05, 3.63) is 17.7 Å². The molecule has 0 unspecified atom stereocenters. The Labute approximate surface area is 121 Å². The molecule has 0 saturated heterocycles. The average Bonchev–Trinajstić information content (AvgIpc) is 2.43. The lowest BCUT2D eigenvalue weighted by Crippen LogP contribution is -2.23. The standard InChI is InChI=1S/C13H18BrNO4/c1-15(13(14)16)6-5-9-7-11(18-3)12(19-4)8-10(9)17-2/h7-8H,5-6H2,1-4H3. The zero-order valence-electron chi connectivity index (χ0n) is 11.5. The molecule has 5 nitrogen and oxygen atoms in total. The fraction of sp³-hybridized carbons (Fsp3) is 0.462. The first kappa shape index (κ1) is 15.6. The number of likely N-dealkylation sites (N-methyl/N-ethyl adjacent to an activating group) is 1. The maximum atomic E-state index is 11.1. The first-order chi connectivity index (χ1) is 9.03. The molecule has 0 bridgehead atoms. The van der Waals surface area contributed by atoms with Crippen molar-refractivity contribution in [1.82, 2.24) is 4.90 Å². The molecule has 0 heterocycles.